The van der Waals surface area contributed by atoms with E-state index in [1.807, 2.05) is 0 Å². The van der Waals surface area contributed by atoms with E-state index in [1.165, 1.54) is 19.3 Å². The van der Waals surface area contributed by atoms with E-state index in [-0.39, 0.29) is 24.4 Å². The van der Waals surface area contributed by atoms with Crippen LogP contribution in [0.2, 0.25) is 0 Å². The molecule has 3 nitrogen and oxygen atoms in total. The fourth-order valence-electron chi connectivity index (χ4n) is 2.40. The molecular formula is C13H26ClNO2. The molecule has 1 aliphatic rings. The predicted molar refractivity (Wildman–Crippen MR) is 65.1 cm³/mol. The first kappa shape index (κ1) is 16.7. The second-order valence-electron chi connectivity index (χ2n) is 5.39. The van der Waals surface area contributed by atoms with E-state index in [9.17, 15) is 4.79 Å². The molecule has 0 spiro atoms. The zero-order valence-electron chi connectivity index (χ0n) is 11.4. The summed E-state index contributed by atoms with van der Waals surface area (Å²) in [5.41, 5.74) is 0. The number of quaternary nitrogens is 1. The Morgan fingerprint density at radius 2 is 2.00 bits per heavy atom. The number of carbonyl (C=O) groups excluding carboxylic acids is 1. The molecule has 0 aromatic rings. The molecule has 1 saturated heterocycles. The van der Waals surface area contributed by atoms with Gasteiger partial charge < -0.3 is 21.6 Å². The second kappa shape index (κ2) is 7.93. The number of halogens is 1. The minimum absolute atomic E-state index is 0. The monoisotopic (exact) mass is 263 g/mol. The molecule has 0 aliphatic carbocycles. The summed E-state index contributed by atoms with van der Waals surface area (Å²) < 4.78 is 6.15. The van der Waals surface area contributed by atoms with Gasteiger partial charge in [-0.2, -0.15) is 0 Å². The third-order valence-electron chi connectivity index (χ3n) is 3.57. The van der Waals surface area contributed by atoms with Crippen LogP contribution in [0.1, 0.15) is 45.4 Å². The second-order valence-corrected chi connectivity index (χ2v) is 5.39. The zero-order chi connectivity index (χ0) is 12.0. The molecule has 1 aliphatic heterocycles. The Balaban J connectivity index is 0.00000256. The first-order valence-corrected chi connectivity index (χ1v) is 6.57. The maximum atomic E-state index is 11.9. The molecule has 1 heterocycles. The van der Waals surface area contributed by atoms with Crippen molar-refractivity contribution in [3.05, 3.63) is 0 Å². The van der Waals surface area contributed by atoms with E-state index in [4.69, 9.17) is 4.74 Å². The van der Waals surface area contributed by atoms with Crippen molar-refractivity contribution in [2.75, 3.05) is 27.2 Å². The predicted octanol–water partition coefficient (Wildman–Crippen LogP) is -0.647. The van der Waals surface area contributed by atoms with Gasteiger partial charge in [0.15, 0.2) is 6.04 Å². The van der Waals surface area contributed by atoms with Gasteiger partial charge in [0, 0.05) is 12.8 Å². The van der Waals surface area contributed by atoms with Crippen molar-refractivity contribution in [1.82, 2.24) is 0 Å². The van der Waals surface area contributed by atoms with Crippen molar-refractivity contribution in [2.45, 2.75) is 51.5 Å². The van der Waals surface area contributed by atoms with Crippen LogP contribution in [0.4, 0.5) is 0 Å². The first-order chi connectivity index (χ1) is 7.58. The highest BCUT2D eigenvalue weighted by Gasteiger charge is 2.40. The number of likely N-dealkylation sites (N-methyl/N-ethyl adjacent to an activating group) is 1. The van der Waals surface area contributed by atoms with Crippen molar-refractivity contribution >= 4 is 5.97 Å². The maximum Gasteiger partial charge on any atom is 0.364 e. The fraction of sp³-hybridized carbons (Fsp3) is 0.923. The molecule has 1 unspecified atom stereocenters. The van der Waals surface area contributed by atoms with Crippen LogP contribution in [0.3, 0.4) is 0 Å². The summed E-state index contributed by atoms with van der Waals surface area (Å²) in [5, 5.41) is 0. The van der Waals surface area contributed by atoms with Crippen LogP contribution >= 0.6 is 0 Å². The third-order valence-corrected chi connectivity index (χ3v) is 3.57. The van der Waals surface area contributed by atoms with Gasteiger partial charge in [-0.05, 0) is 6.42 Å². The Labute approximate surface area is 112 Å². The highest BCUT2D eigenvalue weighted by molar-refractivity contribution is 5.74. The van der Waals surface area contributed by atoms with Gasteiger partial charge >= 0.3 is 5.97 Å². The van der Waals surface area contributed by atoms with Gasteiger partial charge in [-0.3, -0.25) is 0 Å². The van der Waals surface area contributed by atoms with Gasteiger partial charge in [0.2, 0.25) is 0 Å². The summed E-state index contributed by atoms with van der Waals surface area (Å²) in [6.07, 6.45) is 6.78. The molecule has 0 saturated carbocycles. The number of esters is 1. The van der Waals surface area contributed by atoms with Crippen molar-refractivity contribution in [3.8, 4) is 0 Å². The lowest BCUT2D eigenvalue weighted by Crippen LogP contribution is -3.00. The standard InChI is InChI=1S/C13H26NO2.ClH/c1-4-5-6-7-11-16-13(15)12-9-8-10-14(12,2)3;/h12H,4-11H2,1-3H3;1H/q+1;/p-1. The van der Waals surface area contributed by atoms with Crippen LogP contribution in [0.25, 0.3) is 0 Å². The smallest absolute Gasteiger partial charge is 0.364 e. The quantitative estimate of drug-likeness (QED) is 0.362. The molecule has 17 heavy (non-hydrogen) atoms. The van der Waals surface area contributed by atoms with E-state index in [1.54, 1.807) is 0 Å². The minimum Gasteiger partial charge on any atom is -1.00 e. The Bertz CT molecular complexity index is 231. The van der Waals surface area contributed by atoms with Gasteiger partial charge in [-0.15, -0.1) is 0 Å². The fourth-order valence-corrected chi connectivity index (χ4v) is 2.40. The lowest BCUT2D eigenvalue weighted by molar-refractivity contribution is -0.893. The lowest BCUT2D eigenvalue weighted by atomic mass is 10.2. The molecule has 0 bridgehead atoms. The average molecular weight is 264 g/mol. The van der Waals surface area contributed by atoms with Crippen LogP contribution in [0, 0.1) is 0 Å². The molecule has 1 rings (SSSR count). The topological polar surface area (TPSA) is 26.3 Å². The van der Waals surface area contributed by atoms with E-state index in [0.717, 1.165) is 30.3 Å². The normalized spacial score (nSPS) is 21.9. The Morgan fingerprint density at radius 1 is 1.29 bits per heavy atom. The van der Waals surface area contributed by atoms with E-state index in [2.05, 4.69) is 21.0 Å². The van der Waals surface area contributed by atoms with Crippen molar-refractivity contribution in [3.63, 3.8) is 0 Å². The summed E-state index contributed by atoms with van der Waals surface area (Å²) in [4.78, 5) is 11.9. The molecule has 102 valence electrons. The third kappa shape index (κ3) is 5.26. The zero-order valence-corrected chi connectivity index (χ0v) is 12.1. The van der Waals surface area contributed by atoms with Gasteiger partial charge in [0.1, 0.15) is 0 Å². The van der Waals surface area contributed by atoms with Gasteiger partial charge in [0.05, 0.1) is 27.2 Å². The lowest BCUT2D eigenvalue weighted by Gasteiger charge is -2.29. The molecular weight excluding hydrogens is 238 g/mol. The molecule has 1 atom stereocenters. The Morgan fingerprint density at radius 3 is 2.53 bits per heavy atom. The first-order valence-electron chi connectivity index (χ1n) is 6.57. The molecule has 0 aromatic heterocycles. The van der Waals surface area contributed by atoms with Gasteiger partial charge in [-0.1, -0.05) is 26.2 Å². The SMILES string of the molecule is CCCCCCOC(=O)C1CCC[N+]1(C)C.[Cl-]. The van der Waals surface area contributed by atoms with Crippen LogP contribution in [-0.2, 0) is 9.53 Å². The molecule has 4 heteroatoms. The molecule has 1 fully saturated rings. The van der Waals surface area contributed by atoms with Crippen molar-refractivity contribution < 1.29 is 26.4 Å². The van der Waals surface area contributed by atoms with Crippen LogP contribution in [0.5, 0.6) is 0 Å². The number of carbonyl (C=O) groups is 1. The summed E-state index contributed by atoms with van der Waals surface area (Å²) in [5.74, 6) is 0.0130. The summed E-state index contributed by atoms with van der Waals surface area (Å²) in [6, 6.07) is 0.0752. The summed E-state index contributed by atoms with van der Waals surface area (Å²) in [6.45, 7) is 3.88. The van der Waals surface area contributed by atoms with Gasteiger partial charge in [-0.25, -0.2) is 4.79 Å². The van der Waals surface area contributed by atoms with E-state index >= 15 is 0 Å². The van der Waals surface area contributed by atoms with Crippen LogP contribution < -0.4 is 12.4 Å². The summed E-state index contributed by atoms with van der Waals surface area (Å²) in [7, 11) is 4.24. The molecule has 0 aromatic carbocycles. The Kier molecular flexibility index (Phi) is 7.80. The number of ether oxygens (including phenoxy) is 1. The summed E-state index contributed by atoms with van der Waals surface area (Å²) >= 11 is 0. The molecule has 0 N–H and O–H groups in total. The van der Waals surface area contributed by atoms with E-state index < -0.39 is 0 Å². The molecule has 0 radical (unpaired) electrons. The number of likely N-dealkylation sites (tertiary alicyclic amines) is 1. The number of rotatable bonds is 6. The van der Waals surface area contributed by atoms with Crippen molar-refractivity contribution in [1.29, 1.82) is 0 Å². The molecule has 0 amide bonds. The Hall–Kier alpha value is -0.280. The highest BCUT2D eigenvalue weighted by Crippen LogP contribution is 2.23. The van der Waals surface area contributed by atoms with Crippen molar-refractivity contribution in [2.24, 2.45) is 0 Å². The van der Waals surface area contributed by atoms with Crippen LogP contribution in [-0.4, -0.2) is 43.7 Å². The number of hydrogen-bond donors (Lipinski definition) is 0. The minimum atomic E-state index is 0. The number of hydrogen-bond acceptors (Lipinski definition) is 2. The van der Waals surface area contributed by atoms with Crippen LogP contribution in [0.15, 0.2) is 0 Å². The number of nitrogens with zero attached hydrogens (tertiary/aromatic N) is 1. The number of unbranched alkanes of at least 4 members (excludes halogenated alkanes) is 3. The average Bonchev–Trinajstić information content (AvgIpc) is 2.57. The largest absolute Gasteiger partial charge is 1.00 e. The maximum absolute atomic E-state index is 11.9. The van der Waals surface area contributed by atoms with Gasteiger partial charge in [0.25, 0.3) is 0 Å². The highest BCUT2D eigenvalue weighted by atomic mass is 35.5. The van der Waals surface area contributed by atoms with E-state index in [0.29, 0.717) is 6.61 Å².